The number of halogens is 1. The van der Waals surface area contributed by atoms with E-state index < -0.39 is 0 Å². The molecule has 2 fully saturated rings. The molecule has 0 atom stereocenters. The molecule has 0 aromatic carbocycles. The summed E-state index contributed by atoms with van der Waals surface area (Å²) in [7, 11) is 8.31. The Hall–Kier alpha value is -0.0800. The molecule has 1 saturated carbocycles. The number of hydrogen-bond acceptors (Lipinski definition) is 3. The molecule has 0 bridgehead atoms. The molecular weight excluding hydrogens is 403 g/mol. The van der Waals surface area contributed by atoms with Crippen molar-refractivity contribution in [3.05, 3.63) is 0 Å². The van der Waals surface area contributed by atoms with Crippen molar-refractivity contribution in [3.63, 3.8) is 0 Å². The minimum absolute atomic E-state index is 0. The molecule has 0 unspecified atom stereocenters. The molecule has 0 aromatic rings. The van der Waals surface area contributed by atoms with Crippen molar-refractivity contribution in [2.45, 2.75) is 32.1 Å². The molecule has 1 heterocycles. The number of aliphatic imine (C=N–C) groups is 1. The van der Waals surface area contributed by atoms with E-state index in [1.165, 1.54) is 38.6 Å². The third-order valence-electron chi connectivity index (χ3n) is 4.93. The SMILES string of the molecule is CN(C)C(=NCC1(CN2CCOCC2)CCCCC1)N(C)C.I. The highest BCUT2D eigenvalue weighted by Gasteiger charge is 2.34. The van der Waals surface area contributed by atoms with E-state index in [1.807, 2.05) is 0 Å². The van der Waals surface area contributed by atoms with Gasteiger partial charge in [0.2, 0.25) is 0 Å². The van der Waals surface area contributed by atoms with Crippen molar-refractivity contribution in [1.29, 1.82) is 0 Å². The summed E-state index contributed by atoms with van der Waals surface area (Å²) >= 11 is 0. The zero-order chi connectivity index (χ0) is 16.0. The zero-order valence-corrected chi connectivity index (χ0v) is 17.7. The normalized spacial score (nSPS) is 21.2. The quantitative estimate of drug-likeness (QED) is 0.383. The van der Waals surface area contributed by atoms with E-state index in [2.05, 4.69) is 42.9 Å². The first-order chi connectivity index (χ1) is 10.5. The molecule has 6 heteroatoms. The Balaban J connectivity index is 0.00000264. The van der Waals surface area contributed by atoms with Gasteiger partial charge in [-0.25, -0.2) is 0 Å². The van der Waals surface area contributed by atoms with Crippen LogP contribution < -0.4 is 0 Å². The third kappa shape index (κ3) is 6.38. The lowest BCUT2D eigenvalue weighted by atomic mass is 9.73. The summed E-state index contributed by atoms with van der Waals surface area (Å²) in [6.45, 7) is 6.09. The van der Waals surface area contributed by atoms with E-state index in [-0.39, 0.29) is 24.0 Å². The van der Waals surface area contributed by atoms with Crippen LogP contribution in [0.15, 0.2) is 4.99 Å². The van der Waals surface area contributed by atoms with Gasteiger partial charge in [-0.1, -0.05) is 19.3 Å². The van der Waals surface area contributed by atoms with Gasteiger partial charge in [0.25, 0.3) is 0 Å². The number of guanidine groups is 1. The molecule has 0 amide bonds. The Morgan fingerprint density at radius 1 is 1.00 bits per heavy atom. The van der Waals surface area contributed by atoms with E-state index in [1.54, 1.807) is 0 Å². The predicted molar refractivity (Wildman–Crippen MR) is 108 cm³/mol. The van der Waals surface area contributed by atoms with Crippen molar-refractivity contribution in [3.8, 4) is 0 Å². The molecule has 0 spiro atoms. The monoisotopic (exact) mass is 438 g/mol. The Labute approximate surface area is 159 Å². The van der Waals surface area contributed by atoms with E-state index in [0.29, 0.717) is 5.41 Å². The summed E-state index contributed by atoms with van der Waals surface area (Å²) in [5.74, 6) is 1.08. The molecule has 1 aliphatic carbocycles. The van der Waals surface area contributed by atoms with Crippen molar-refractivity contribution in [2.24, 2.45) is 10.4 Å². The molecule has 0 N–H and O–H groups in total. The van der Waals surface area contributed by atoms with Crippen molar-refractivity contribution >= 4 is 29.9 Å². The number of rotatable bonds is 4. The second-order valence-electron chi connectivity index (χ2n) is 7.35. The lowest BCUT2D eigenvalue weighted by Crippen LogP contribution is -2.46. The number of morpholine rings is 1. The van der Waals surface area contributed by atoms with Crippen LogP contribution in [-0.4, -0.2) is 88.2 Å². The smallest absolute Gasteiger partial charge is 0.195 e. The fourth-order valence-electron chi connectivity index (χ4n) is 3.82. The number of hydrogen-bond donors (Lipinski definition) is 0. The molecule has 0 aromatic heterocycles. The van der Waals surface area contributed by atoms with Crippen molar-refractivity contribution in [2.75, 3.05) is 67.6 Å². The Morgan fingerprint density at radius 3 is 2.09 bits per heavy atom. The molecule has 1 aliphatic heterocycles. The molecule has 0 radical (unpaired) electrons. The van der Waals surface area contributed by atoms with Gasteiger partial charge in [0.05, 0.1) is 13.2 Å². The highest BCUT2D eigenvalue weighted by Crippen LogP contribution is 2.37. The minimum atomic E-state index is 0. The largest absolute Gasteiger partial charge is 0.379 e. The zero-order valence-electron chi connectivity index (χ0n) is 15.4. The number of ether oxygens (including phenoxy) is 1. The Bertz CT molecular complexity index is 352. The maximum Gasteiger partial charge on any atom is 0.195 e. The summed E-state index contributed by atoms with van der Waals surface area (Å²) in [5.41, 5.74) is 0.368. The van der Waals surface area contributed by atoms with Gasteiger partial charge in [0.1, 0.15) is 0 Å². The average Bonchev–Trinajstić information content (AvgIpc) is 2.48. The van der Waals surface area contributed by atoms with Gasteiger partial charge in [-0.2, -0.15) is 0 Å². The molecule has 23 heavy (non-hydrogen) atoms. The van der Waals surface area contributed by atoms with Crippen LogP contribution in [0.2, 0.25) is 0 Å². The van der Waals surface area contributed by atoms with E-state index in [4.69, 9.17) is 9.73 Å². The van der Waals surface area contributed by atoms with Crippen LogP contribution >= 0.6 is 24.0 Å². The Morgan fingerprint density at radius 2 is 1.57 bits per heavy atom. The maximum atomic E-state index is 5.50. The number of nitrogens with zero attached hydrogens (tertiary/aromatic N) is 4. The summed E-state index contributed by atoms with van der Waals surface area (Å²) in [4.78, 5) is 11.8. The van der Waals surface area contributed by atoms with E-state index in [0.717, 1.165) is 38.8 Å². The van der Waals surface area contributed by atoms with E-state index in [9.17, 15) is 0 Å². The lowest BCUT2D eigenvalue weighted by Gasteiger charge is -2.41. The molecule has 2 aliphatic rings. The first-order valence-corrected chi connectivity index (χ1v) is 8.72. The summed E-state index contributed by atoms with van der Waals surface area (Å²) in [5, 5.41) is 0. The van der Waals surface area contributed by atoms with Gasteiger partial charge in [-0.3, -0.25) is 9.89 Å². The second-order valence-corrected chi connectivity index (χ2v) is 7.35. The fourth-order valence-corrected chi connectivity index (χ4v) is 3.82. The van der Waals surface area contributed by atoms with Crippen LogP contribution in [-0.2, 0) is 4.74 Å². The van der Waals surface area contributed by atoms with Gasteiger partial charge in [-0.05, 0) is 12.8 Å². The average molecular weight is 438 g/mol. The highest BCUT2D eigenvalue weighted by atomic mass is 127. The van der Waals surface area contributed by atoms with Crippen LogP contribution in [0.25, 0.3) is 0 Å². The van der Waals surface area contributed by atoms with Gasteiger partial charge in [0.15, 0.2) is 5.96 Å². The lowest BCUT2D eigenvalue weighted by molar-refractivity contribution is 0.00931. The van der Waals surface area contributed by atoms with Gasteiger partial charge in [-0.15, -0.1) is 24.0 Å². The van der Waals surface area contributed by atoms with Crippen molar-refractivity contribution < 1.29 is 4.74 Å². The standard InChI is InChI=1S/C17H34N4O.HI/c1-19(2)16(20(3)4)18-14-17(8-6-5-7-9-17)15-21-10-12-22-13-11-21;/h5-15H2,1-4H3;1H. The molecule has 5 nitrogen and oxygen atoms in total. The van der Waals surface area contributed by atoms with Gasteiger partial charge in [0, 0.05) is 59.8 Å². The predicted octanol–water partition coefficient (Wildman–Crippen LogP) is 2.37. The van der Waals surface area contributed by atoms with Crippen LogP contribution in [0.4, 0.5) is 0 Å². The first kappa shape index (κ1) is 21.0. The Kier molecular flexibility index (Phi) is 9.15. The fraction of sp³-hybridized carbons (Fsp3) is 0.941. The third-order valence-corrected chi connectivity index (χ3v) is 4.93. The molecule has 1 saturated heterocycles. The second kappa shape index (κ2) is 10.0. The summed E-state index contributed by atoms with van der Waals surface area (Å²) < 4.78 is 5.50. The molecule has 2 rings (SSSR count). The van der Waals surface area contributed by atoms with Gasteiger partial charge >= 0.3 is 0 Å². The molecular formula is C17H35IN4O. The van der Waals surface area contributed by atoms with Gasteiger partial charge < -0.3 is 14.5 Å². The van der Waals surface area contributed by atoms with Crippen LogP contribution in [0.1, 0.15) is 32.1 Å². The topological polar surface area (TPSA) is 31.3 Å². The maximum absolute atomic E-state index is 5.50. The summed E-state index contributed by atoms with van der Waals surface area (Å²) in [6.07, 6.45) is 6.75. The van der Waals surface area contributed by atoms with Crippen molar-refractivity contribution in [1.82, 2.24) is 14.7 Å². The van der Waals surface area contributed by atoms with Crippen LogP contribution in [0.3, 0.4) is 0 Å². The molecule has 136 valence electrons. The van der Waals surface area contributed by atoms with E-state index >= 15 is 0 Å². The van der Waals surface area contributed by atoms with Crippen LogP contribution in [0.5, 0.6) is 0 Å². The first-order valence-electron chi connectivity index (χ1n) is 8.72. The summed E-state index contributed by atoms with van der Waals surface area (Å²) in [6, 6.07) is 0. The van der Waals surface area contributed by atoms with Crippen LogP contribution in [0, 0.1) is 5.41 Å². The highest BCUT2D eigenvalue weighted by molar-refractivity contribution is 14.0. The minimum Gasteiger partial charge on any atom is -0.379 e.